The number of rotatable bonds is 2. The summed E-state index contributed by atoms with van der Waals surface area (Å²) in [5.41, 5.74) is 0.762. The molecule has 4 heteroatoms. The summed E-state index contributed by atoms with van der Waals surface area (Å²) in [4.78, 5) is 12.1. The van der Waals surface area contributed by atoms with Crippen molar-refractivity contribution in [3.8, 4) is 0 Å². The summed E-state index contributed by atoms with van der Waals surface area (Å²) in [5, 5.41) is 1.04. The highest BCUT2D eigenvalue weighted by atomic mass is 79.9. The summed E-state index contributed by atoms with van der Waals surface area (Å²) < 4.78 is 2.08. The van der Waals surface area contributed by atoms with E-state index in [1.807, 2.05) is 18.4 Å². The molecule has 14 heavy (non-hydrogen) atoms. The van der Waals surface area contributed by atoms with Crippen LogP contribution < -0.4 is 0 Å². The maximum Gasteiger partial charge on any atom is 0.152 e. The van der Waals surface area contributed by atoms with Crippen molar-refractivity contribution in [1.29, 1.82) is 0 Å². The molecule has 0 N–H and O–H groups in total. The number of hydrogen-bond acceptors (Lipinski definition) is 3. The van der Waals surface area contributed by atoms with Crippen LogP contribution in [0.2, 0.25) is 0 Å². The molecule has 1 nitrogen and oxygen atoms in total. The fourth-order valence-electron chi connectivity index (χ4n) is 1.30. The van der Waals surface area contributed by atoms with Crippen molar-refractivity contribution < 1.29 is 4.79 Å². The maximum absolute atomic E-state index is 10.8. The monoisotopic (exact) mass is 286 g/mol. The molecule has 1 aromatic heterocycles. The van der Waals surface area contributed by atoms with Gasteiger partial charge in [0.05, 0.1) is 3.79 Å². The summed E-state index contributed by atoms with van der Waals surface area (Å²) in [6.45, 7) is 0. The number of halogens is 1. The second-order valence-electron chi connectivity index (χ2n) is 2.77. The molecule has 1 aromatic carbocycles. The normalized spacial score (nSPS) is 10.7. The number of thiophene rings is 1. The molecule has 0 atom stereocenters. The van der Waals surface area contributed by atoms with Crippen molar-refractivity contribution in [1.82, 2.24) is 0 Å². The van der Waals surface area contributed by atoms with E-state index in [4.69, 9.17) is 0 Å². The number of aldehydes is 1. The van der Waals surface area contributed by atoms with Crippen LogP contribution in [0.15, 0.2) is 26.9 Å². The molecular weight excluding hydrogens is 280 g/mol. The van der Waals surface area contributed by atoms with Gasteiger partial charge in [0, 0.05) is 20.5 Å². The minimum Gasteiger partial charge on any atom is -0.298 e. The number of carbonyl (C=O) groups excluding carboxylic acids is 1. The Labute approximate surface area is 98.6 Å². The van der Waals surface area contributed by atoms with Crippen LogP contribution in [0.5, 0.6) is 0 Å². The molecular formula is C10H7BrOS2. The summed E-state index contributed by atoms with van der Waals surface area (Å²) in [5.74, 6) is 0. The molecule has 2 rings (SSSR count). The molecule has 0 unspecified atom stereocenters. The van der Waals surface area contributed by atoms with Gasteiger partial charge in [-0.15, -0.1) is 23.1 Å². The van der Waals surface area contributed by atoms with Crippen LogP contribution in [0.4, 0.5) is 0 Å². The third-order valence-corrected chi connectivity index (χ3v) is 4.60. The van der Waals surface area contributed by atoms with Crippen LogP contribution in [0.1, 0.15) is 10.4 Å². The van der Waals surface area contributed by atoms with Gasteiger partial charge < -0.3 is 0 Å². The van der Waals surface area contributed by atoms with Crippen molar-refractivity contribution in [3.05, 3.63) is 27.5 Å². The van der Waals surface area contributed by atoms with E-state index in [0.717, 1.165) is 25.7 Å². The van der Waals surface area contributed by atoms with Crippen LogP contribution in [0.25, 0.3) is 10.1 Å². The van der Waals surface area contributed by atoms with Gasteiger partial charge in [0.2, 0.25) is 0 Å². The molecule has 72 valence electrons. The maximum atomic E-state index is 10.8. The number of hydrogen-bond donors (Lipinski definition) is 0. The molecule has 0 saturated heterocycles. The van der Waals surface area contributed by atoms with Gasteiger partial charge in [-0.1, -0.05) is 6.07 Å². The molecule has 0 amide bonds. The molecule has 0 aliphatic carbocycles. The highest BCUT2D eigenvalue weighted by molar-refractivity contribution is 9.11. The minimum atomic E-state index is 0.762. The Bertz CT molecular complexity index is 490. The highest BCUT2D eigenvalue weighted by Crippen LogP contribution is 2.36. The van der Waals surface area contributed by atoms with Crippen molar-refractivity contribution in [3.63, 3.8) is 0 Å². The topological polar surface area (TPSA) is 17.1 Å². The first-order chi connectivity index (χ1) is 6.76. The summed E-state index contributed by atoms with van der Waals surface area (Å²) in [7, 11) is 0. The van der Waals surface area contributed by atoms with E-state index in [9.17, 15) is 4.79 Å². The van der Waals surface area contributed by atoms with Gasteiger partial charge in [0.15, 0.2) is 6.29 Å². The van der Waals surface area contributed by atoms with Gasteiger partial charge in [-0.25, -0.2) is 0 Å². The Morgan fingerprint density at radius 1 is 1.50 bits per heavy atom. The molecule has 0 bridgehead atoms. The van der Waals surface area contributed by atoms with E-state index in [2.05, 4.69) is 22.0 Å². The van der Waals surface area contributed by atoms with Crippen molar-refractivity contribution in [2.75, 3.05) is 6.26 Å². The van der Waals surface area contributed by atoms with Crippen LogP contribution in [0.3, 0.4) is 0 Å². The van der Waals surface area contributed by atoms with Crippen molar-refractivity contribution in [2.45, 2.75) is 4.90 Å². The Kier molecular flexibility index (Phi) is 2.95. The Morgan fingerprint density at radius 2 is 2.29 bits per heavy atom. The quantitative estimate of drug-likeness (QED) is 0.608. The number of benzene rings is 1. The number of carbonyl (C=O) groups is 1. The zero-order valence-electron chi connectivity index (χ0n) is 7.41. The standard InChI is InChI=1S/C10H7BrOS2/c1-13-6-2-3-7-8(5-12)10(11)14-9(7)4-6/h2-5H,1H3. The lowest BCUT2D eigenvalue weighted by molar-refractivity contribution is 0.112. The molecule has 0 spiro atoms. The van der Waals surface area contributed by atoms with E-state index in [1.165, 1.54) is 4.90 Å². The largest absolute Gasteiger partial charge is 0.298 e. The molecule has 0 saturated carbocycles. The molecule has 0 radical (unpaired) electrons. The average Bonchev–Trinajstić information content (AvgIpc) is 2.51. The van der Waals surface area contributed by atoms with E-state index < -0.39 is 0 Å². The van der Waals surface area contributed by atoms with E-state index in [-0.39, 0.29) is 0 Å². The summed E-state index contributed by atoms with van der Waals surface area (Å²) in [6.07, 6.45) is 2.95. The molecule has 0 aliphatic rings. The Morgan fingerprint density at radius 3 is 2.93 bits per heavy atom. The first-order valence-electron chi connectivity index (χ1n) is 3.97. The van der Waals surface area contributed by atoms with Crippen LogP contribution >= 0.6 is 39.0 Å². The highest BCUT2D eigenvalue weighted by Gasteiger charge is 2.09. The minimum absolute atomic E-state index is 0.762. The zero-order valence-corrected chi connectivity index (χ0v) is 10.6. The van der Waals surface area contributed by atoms with Gasteiger partial charge >= 0.3 is 0 Å². The lowest BCUT2D eigenvalue weighted by Gasteiger charge is -1.95. The predicted octanol–water partition coefficient (Wildman–Crippen LogP) is 4.20. The molecule has 0 aliphatic heterocycles. The predicted molar refractivity (Wildman–Crippen MR) is 66.7 cm³/mol. The SMILES string of the molecule is CSc1ccc2c(C=O)c(Br)sc2c1. The number of fused-ring (bicyclic) bond motifs is 1. The molecule has 0 fully saturated rings. The third kappa shape index (κ3) is 1.62. The van der Waals surface area contributed by atoms with Crippen molar-refractivity contribution in [2.24, 2.45) is 0 Å². The van der Waals surface area contributed by atoms with Gasteiger partial charge in [0.1, 0.15) is 0 Å². The third-order valence-electron chi connectivity index (χ3n) is 2.01. The Balaban J connectivity index is 2.74. The summed E-state index contributed by atoms with van der Waals surface area (Å²) in [6, 6.07) is 6.16. The lowest BCUT2D eigenvalue weighted by atomic mass is 10.2. The molecule has 2 aromatic rings. The van der Waals surface area contributed by atoms with E-state index >= 15 is 0 Å². The molecule has 1 heterocycles. The average molecular weight is 287 g/mol. The van der Waals surface area contributed by atoms with Crippen LogP contribution in [-0.2, 0) is 0 Å². The smallest absolute Gasteiger partial charge is 0.152 e. The fourth-order valence-corrected chi connectivity index (χ4v) is 3.58. The van der Waals surface area contributed by atoms with Gasteiger partial charge in [-0.05, 0) is 34.3 Å². The van der Waals surface area contributed by atoms with Gasteiger partial charge in [0.25, 0.3) is 0 Å². The Hall–Kier alpha value is -0.320. The van der Waals surface area contributed by atoms with Gasteiger partial charge in [-0.2, -0.15) is 0 Å². The second-order valence-corrected chi connectivity index (χ2v) is 6.02. The number of thioether (sulfide) groups is 1. The second kappa shape index (κ2) is 4.04. The van der Waals surface area contributed by atoms with E-state index in [0.29, 0.717) is 0 Å². The first-order valence-corrected chi connectivity index (χ1v) is 6.81. The van der Waals surface area contributed by atoms with E-state index in [1.54, 1.807) is 23.1 Å². The first kappa shape index (κ1) is 10.2. The van der Waals surface area contributed by atoms with Gasteiger partial charge in [-0.3, -0.25) is 4.79 Å². The summed E-state index contributed by atoms with van der Waals surface area (Å²) >= 11 is 6.71. The fraction of sp³-hybridized carbons (Fsp3) is 0.100. The van der Waals surface area contributed by atoms with Crippen LogP contribution in [-0.4, -0.2) is 12.5 Å². The zero-order chi connectivity index (χ0) is 10.1. The lowest BCUT2D eigenvalue weighted by Crippen LogP contribution is -1.76. The van der Waals surface area contributed by atoms with Crippen LogP contribution in [0, 0.1) is 0 Å². The van der Waals surface area contributed by atoms with Crippen molar-refractivity contribution >= 4 is 55.4 Å².